The molecule has 1 aromatic carbocycles. The zero-order chi connectivity index (χ0) is 28.7. The third-order valence-electron chi connectivity index (χ3n) is 8.43. The molecule has 1 amide bonds. The van der Waals surface area contributed by atoms with E-state index in [2.05, 4.69) is 44.9 Å². The molecule has 0 N–H and O–H groups in total. The molecule has 216 valence electrons. The minimum Gasteiger partial charge on any atom is -0.373 e. The molecule has 3 aliphatic heterocycles. The number of benzene rings is 1. The Morgan fingerprint density at radius 3 is 2.62 bits per heavy atom. The largest absolute Gasteiger partial charge is 0.373 e. The lowest BCUT2D eigenvalue weighted by atomic mass is 9.93. The van der Waals surface area contributed by atoms with Crippen LogP contribution in [0.25, 0.3) is 27.6 Å². The number of imidazole rings is 1. The maximum atomic E-state index is 11.8. The van der Waals surface area contributed by atoms with E-state index in [1.807, 2.05) is 30.0 Å². The molecule has 0 radical (unpaired) electrons. The highest BCUT2D eigenvalue weighted by Gasteiger charge is 2.48. The minimum absolute atomic E-state index is 0.147. The first-order valence-corrected chi connectivity index (χ1v) is 15.4. The summed E-state index contributed by atoms with van der Waals surface area (Å²) in [4.78, 5) is 32.0. The second-order valence-corrected chi connectivity index (χ2v) is 12.2. The summed E-state index contributed by atoms with van der Waals surface area (Å²) in [5.74, 6) is 0.147. The van der Waals surface area contributed by atoms with E-state index in [0.717, 1.165) is 90.2 Å². The molecule has 0 bridgehead atoms. The standard InChI is InChI=1S/C31H34N8O2S/c1-21-28(39-19-23(11-12-26(39)34-21)18-37-13-15-38(16-14-37)22(2)40)30-35-27(24-8-4-3-5-9-24)29(42-30)31(32-20-33-36-31)25-10-6-7-17-41-25/h3-5,8-9,11-12,19-20,25H,6-7,10,13-18H2,1-2H3. The number of pyridine rings is 1. The Labute approximate surface area is 248 Å². The van der Waals surface area contributed by atoms with E-state index in [4.69, 9.17) is 24.8 Å². The first-order chi connectivity index (χ1) is 20.5. The molecule has 7 rings (SSSR count). The first kappa shape index (κ1) is 27.1. The number of carbonyl (C=O) groups is 1. The van der Waals surface area contributed by atoms with E-state index < -0.39 is 5.66 Å². The van der Waals surface area contributed by atoms with Crippen LogP contribution < -0.4 is 0 Å². The van der Waals surface area contributed by atoms with Crippen molar-refractivity contribution >= 4 is 29.2 Å². The Bertz CT molecular complexity index is 1650. The lowest BCUT2D eigenvalue weighted by Crippen LogP contribution is -2.47. The highest BCUT2D eigenvalue weighted by atomic mass is 32.1. The number of piperazine rings is 1. The van der Waals surface area contributed by atoms with E-state index in [1.54, 1.807) is 24.6 Å². The molecule has 2 unspecified atom stereocenters. The highest BCUT2D eigenvalue weighted by Crippen LogP contribution is 2.48. The summed E-state index contributed by atoms with van der Waals surface area (Å²) < 4.78 is 8.44. The van der Waals surface area contributed by atoms with Gasteiger partial charge in [0, 0.05) is 58.0 Å². The number of rotatable bonds is 6. The number of aliphatic imine (C=N–C) groups is 1. The predicted octanol–water partition coefficient (Wildman–Crippen LogP) is 5.31. The molecular weight excluding hydrogens is 548 g/mol. The number of ether oxygens (including phenoxy) is 1. The molecule has 3 aliphatic rings. The van der Waals surface area contributed by atoms with Gasteiger partial charge in [0.1, 0.15) is 28.8 Å². The van der Waals surface area contributed by atoms with Crippen LogP contribution in [0, 0.1) is 6.92 Å². The summed E-state index contributed by atoms with van der Waals surface area (Å²) in [6.07, 6.45) is 6.53. The van der Waals surface area contributed by atoms with Crippen molar-refractivity contribution < 1.29 is 9.53 Å². The van der Waals surface area contributed by atoms with Crippen molar-refractivity contribution in [1.29, 1.82) is 0 Å². The van der Waals surface area contributed by atoms with Crippen LogP contribution in [-0.4, -0.2) is 75.3 Å². The minimum atomic E-state index is -0.941. The van der Waals surface area contributed by atoms with Crippen molar-refractivity contribution in [2.45, 2.75) is 51.4 Å². The van der Waals surface area contributed by atoms with Gasteiger partial charge in [-0.05, 0) is 37.8 Å². The third-order valence-corrected chi connectivity index (χ3v) is 9.61. The van der Waals surface area contributed by atoms with Gasteiger partial charge in [-0.15, -0.1) is 21.6 Å². The predicted molar refractivity (Wildman–Crippen MR) is 163 cm³/mol. The number of hydrogen-bond acceptors (Lipinski definition) is 9. The highest BCUT2D eigenvalue weighted by molar-refractivity contribution is 7.15. The van der Waals surface area contributed by atoms with Crippen molar-refractivity contribution in [3.63, 3.8) is 0 Å². The zero-order valence-corrected chi connectivity index (χ0v) is 24.8. The van der Waals surface area contributed by atoms with Crippen LogP contribution in [0.3, 0.4) is 0 Å². The Hall–Kier alpha value is -3.80. The zero-order valence-electron chi connectivity index (χ0n) is 23.9. The van der Waals surface area contributed by atoms with Crippen LogP contribution in [0.1, 0.15) is 42.3 Å². The van der Waals surface area contributed by atoms with Crippen molar-refractivity contribution in [2.75, 3.05) is 32.8 Å². The molecule has 42 heavy (non-hydrogen) atoms. The van der Waals surface area contributed by atoms with Crippen LogP contribution in [0.2, 0.25) is 0 Å². The second kappa shape index (κ2) is 11.1. The van der Waals surface area contributed by atoms with Crippen LogP contribution >= 0.6 is 11.3 Å². The summed E-state index contributed by atoms with van der Waals surface area (Å²) in [6.45, 7) is 8.46. The number of hydrogen-bond donors (Lipinski definition) is 0. The fraction of sp³-hybridized carbons (Fsp3) is 0.419. The van der Waals surface area contributed by atoms with E-state index in [1.165, 1.54) is 5.56 Å². The topological polar surface area (TPSA) is 100 Å². The summed E-state index contributed by atoms with van der Waals surface area (Å²) >= 11 is 1.61. The number of nitrogens with zero attached hydrogens (tertiary/aromatic N) is 8. The van der Waals surface area contributed by atoms with Gasteiger partial charge in [0.2, 0.25) is 11.6 Å². The maximum Gasteiger partial charge on any atom is 0.234 e. The average molecular weight is 583 g/mol. The van der Waals surface area contributed by atoms with Gasteiger partial charge in [0.05, 0.1) is 16.3 Å². The molecule has 10 nitrogen and oxygen atoms in total. The Kier molecular flexibility index (Phi) is 7.17. The molecule has 11 heteroatoms. The number of aromatic nitrogens is 3. The van der Waals surface area contributed by atoms with Gasteiger partial charge in [0.15, 0.2) is 0 Å². The summed E-state index contributed by atoms with van der Waals surface area (Å²) in [5.41, 5.74) is 4.90. The molecule has 2 fully saturated rings. The summed E-state index contributed by atoms with van der Waals surface area (Å²) in [7, 11) is 0. The Balaban J connectivity index is 1.29. The van der Waals surface area contributed by atoms with Gasteiger partial charge < -0.3 is 9.64 Å². The van der Waals surface area contributed by atoms with E-state index >= 15 is 0 Å². The lowest BCUT2D eigenvalue weighted by Gasteiger charge is -2.34. The van der Waals surface area contributed by atoms with Gasteiger partial charge in [-0.3, -0.25) is 14.1 Å². The molecule has 4 aromatic rings. The average Bonchev–Trinajstić information content (AvgIpc) is 3.76. The summed E-state index contributed by atoms with van der Waals surface area (Å²) in [6, 6.07) is 14.5. The van der Waals surface area contributed by atoms with Crippen LogP contribution in [0.4, 0.5) is 0 Å². The molecule has 3 aromatic heterocycles. The maximum absolute atomic E-state index is 11.8. The van der Waals surface area contributed by atoms with Crippen LogP contribution in [-0.2, 0) is 21.7 Å². The normalized spacial score (nSPS) is 22.8. The number of thiazole rings is 1. The quantitative estimate of drug-likeness (QED) is 0.307. The van der Waals surface area contributed by atoms with Crippen molar-refractivity contribution in [3.8, 4) is 22.0 Å². The smallest absolute Gasteiger partial charge is 0.234 e. The van der Waals surface area contributed by atoms with Crippen molar-refractivity contribution in [2.24, 2.45) is 15.2 Å². The number of aryl methyl sites for hydroxylation is 1. The molecule has 6 heterocycles. The number of carbonyl (C=O) groups excluding carboxylic acids is 1. The number of fused-ring (bicyclic) bond motifs is 1. The molecule has 2 atom stereocenters. The van der Waals surface area contributed by atoms with E-state index in [9.17, 15) is 4.79 Å². The van der Waals surface area contributed by atoms with Crippen LogP contribution in [0.15, 0.2) is 63.9 Å². The lowest BCUT2D eigenvalue weighted by molar-refractivity contribution is -0.130. The van der Waals surface area contributed by atoms with Crippen LogP contribution in [0.5, 0.6) is 0 Å². The number of amides is 1. The monoisotopic (exact) mass is 582 g/mol. The van der Waals surface area contributed by atoms with Gasteiger partial charge in [-0.25, -0.2) is 15.0 Å². The molecule has 2 saturated heterocycles. The molecule has 0 spiro atoms. The van der Waals surface area contributed by atoms with Gasteiger partial charge >= 0.3 is 0 Å². The van der Waals surface area contributed by atoms with Gasteiger partial charge in [0.25, 0.3) is 0 Å². The Morgan fingerprint density at radius 1 is 1.07 bits per heavy atom. The molecule has 0 aliphatic carbocycles. The third kappa shape index (κ3) is 4.85. The first-order valence-electron chi connectivity index (χ1n) is 14.6. The van der Waals surface area contributed by atoms with E-state index in [-0.39, 0.29) is 12.0 Å². The van der Waals surface area contributed by atoms with Gasteiger partial charge in [-0.2, -0.15) is 0 Å². The SMILES string of the molecule is CC(=O)N1CCN(Cc2ccc3nc(C)c(-c4nc(-c5ccccc5)c(C5(C6CCCCO6)N=CN=N5)s4)n3c2)CC1. The van der Waals surface area contributed by atoms with E-state index in [0.29, 0.717) is 6.61 Å². The fourth-order valence-corrected chi connectivity index (χ4v) is 7.52. The van der Waals surface area contributed by atoms with Crippen molar-refractivity contribution in [3.05, 3.63) is 64.8 Å². The number of azo groups is 1. The molecular formula is C31H34N8O2S. The van der Waals surface area contributed by atoms with Gasteiger partial charge in [-0.1, -0.05) is 36.4 Å². The molecule has 0 saturated carbocycles. The Morgan fingerprint density at radius 2 is 1.90 bits per heavy atom. The fourth-order valence-electron chi connectivity index (χ4n) is 6.21. The second-order valence-electron chi connectivity index (χ2n) is 11.2. The van der Waals surface area contributed by atoms with Crippen molar-refractivity contribution in [1.82, 2.24) is 24.2 Å². The summed E-state index contributed by atoms with van der Waals surface area (Å²) in [5, 5.41) is 9.82.